The van der Waals surface area contributed by atoms with Gasteiger partial charge in [0.25, 0.3) is 0 Å². The van der Waals surface area contributed by atoms with Crippen molar-refractivity contribution in [3.8, 4) is 0 Å². The van der Waals surface area contributed by atoms with Crippen molar-refractivity contribution in [1.82, 2.24) is 0 Å². The van der Waals surface area contributed by atoms with E-state index in [1.807, 2.05) is 0 Å². The highest BCUT2D eigenvalue weighted by molar-refractivity contribution is 5.46. The average molecular weight is 231 g/mol. The summed E-state index contributed by atoms with van der Waals surface area (Å²) in [5.74, 6) is 0.822. The van der Waals surface area contributed by atoms with E-state index in [1.165, 1.54) is 18.5 Å². The molecule has 1 aliphatic carbocycles. The summed E-state index contributed by atoms with van der Waals surface area (Å²) in [6.07, 6.45) is 5.57. The highest BCUT2D eigenvalue weighted by atomic mass is 16.3. The van der Waals surface area contributed by atoms with Crippen LogP contribution in [-0.2, 0) is 0 Å². The number of aliphatic hydroxyl groups is 1. The van der Waals surface area contributed by atoms with Gasteiger partial charge in [0, 0.05) is 18.8 Å². The van der Waals surface area contributed by atoms with Crippen molar-refractivity contribution in [3.63, 3.8) is 0 Å². The molecule has 0 radical (unpaired) electrons. The molecule has 0 bridgehead atoms. The predicted molar refractivity (Wildman–Crippen MR) is 70.2 cm³/mol. The van der Waals surface area contributed by atoms with E-state index < -0.39 is 0 Å². The first kappa shape index (κ1) is 11.1. The summed E-state index contributed by atoms with van der Waals surface area (Å²) in [6, 6.07) is 10.5. The highest BCUT2D eigenvalue weighted by Gasteiger charge is 2.37. The summed E-state index contributed by atoms with van der Waals surface area (Å²) in [5.41, 5.74) is 0.924. The molecule has 1 saturated heterocycles. The average Bonchev–Trinajstić information content (AvgIpc) is 3.14. The van der Waals surface area contributed by atoms with Crippen LogP contribution in [0.15, 0.2) is 30.3 Å². The zero-order valence-electron chi connectivity index (χ0n) is 10.3. The molecule has 1 heterocycles. The molecular formula is C15H21NO. The maximum absolute atomic E-state index is 10.5. The van der Waals surface area contributed by atoms with Crippen molar-refractivity contribution in [2.75, 3.05) is 18.0 Å². The number of anilines is 1. The Morgan fingerprint density at radius 1 is 1.12 bits per heavy atom. The summed E-state index contributed by atoms with van der Waals surface area (Å²) < 4.78 is 0. The Balaban J connectivity index is 1.59. The fourth-order valence-corrected chi connectivity index (χ4v) is 2.88. The van der Waals surface area contributed by atoms with Crippen molar-refractivity contribution < 1.29 is 5.11 Å². The Morgan fingerprint density at radius 3 is 2.35 bits per heavy atom. The van der Waals surface area contributed by atoms with Crippen LogP contribution in [0.25, 0.3) is 0 Å². The van der Waals surface area contributed by atoms with E-state index in [-0.39, 0.29) is 5.60 Å². The van der Waals surface area contributed by atoms with Crippen LogP contribution < -0.4 is 4.90 Å². The van der Waals surface area contributed by atoms with Crippen LogP contribution in [0.5, 0.6) is 0 Å². The van der Waals surface area contributed by atoms with Crippen LogP contribution in [0.2, 0.25) is 0 Å². The summed E-state index contributed by atoms with van der Waals surface area (Å²) in [4.78, 5) is 2.39. The molecule has 3 rings (SSSR count). The molecular weight excluding hydrogens is 210 g/mol. The molecule has 0 atom stereocenters. The van der Waals surface area contributed by atoms with Crippen molar-refractivity contribution >= 4 is 5.69 Å². The van der Waals surface area contributed by atoms with Gasteiger partial charge in [-0.1, -0.05) is 31.0 Å². The van der Waals surface area contributed by atoms with E-state index in [0.29, 0.717) is 0 Å². The standard InChI is InChI=1S/C15H21NO/c17-15(12-13-6-7-13)8-10-16(11-9-15)14-4-2-1-3-5-14/h1-5,13,17H,6-12H2. The minimum absolute atomic E-state index is 0.369. The molecule has 1 aliphatic heterocycles. The van der Waals surface area contributed by atoms with Crippen molar-refractivity contribution in [2.24, 2.45) is 5.92 Å². The fourth-order valence-electron chi connectivity index (χ4n) is 2.88. The Labute approximate surface area is 103 Å². The first-order chi connectivity index (χ1) is 8.25. The number of hydrogen-bond donors (Lipinski definition) is 1. The summed E-state index contributed by atoms with van der Waals surface area (Å²) in [7, 11) is 0. The molecule has 92 valence electrons. The smallest absolute Gasteiger partial charge is 0.0684 e. The maximum Gasteiger partial charge on any atom is 0.0684 e. The van der Waals surface area contributed by atoms with E-state index in [0.717, 1.165) is 38.3 Å². The lowest BCUT2D eigenvalue weighted by Gasteiger charge is -2.39. The van der Waals surface area contributed by atoms with Gasteiger partial charge in [0.2, 0.25) is 0 Å². The normalized spacial score (nSPS) is 23.7. The third-order valence-corrected chi connectivity index (χ3v) is 4.18. The Kier molecular flexibility index (Phi) is 2.83. The van der Waals surface area contributed by atoms with Gasteiger partial charge in [-0.3, -0.25) is 0 Å². The van der Waals surface area contributed by atoms with Gasteiger partial charge in [-0.25, -0.2) is 0 Å². The second-order valence-electron chi connectivity index (χ2n) is 5.69. The second kappa shape index (κ2) is 4.34. The molecule has 0 amide bonds. The van der Waals surface area contributed by atoms with Crippen LogP contribution in [0.4, 0.5) is 5.69 Å². The van der Waals surface area contributed by atoms with Gasteiger partial charge >= 0.3 is 0 Å². The Morgan fingerprint density at radius 2 is 1.76 bits per heavy atom. The molecule has 0 unspecified atom stereocenters. The number of hydrogen-bond acceptors (Lipinski definition) is 2. The number of rotatable bonds is 3. The van der Waals surface area contributed by atoms with Gasteiger partial charge in [0.15, 0.2) is 0 Å². The SMILES string of the molecule is OC1(CC2CC2)CCN(c2ccccc2)CC1. The highest BCUT2D eigenvalue weighted by Crippen LogP contribution is 2.40. The molecule has 2 fully saturated rings. The Hall–Kier alpha value is -1.02. The van der Waals surface area contributed by atoms with E-state index in [4.69, 9.17) is 0 Å². The van der Waals surface area contributed by atoms with Crippen LogP contribution in [0, 0.1) is 5.92 Å². The molecule has 2 heteroatoms. The minimum atomic E-state index is -0.369. The molecule has 1 aromatic rings. The molecule has 17 heavy (non-hydrogen) atoms. The Bertz CT molecular complexity index is 364. The van der Waals surface area contributed by atoms with Crippen LogP contribution in [0.3, 0.4) is 0 Å². The number of para-hydroxylation sites is 1. The predicted octanol–water partition coefficient (Wildman–Crippen LogP) is 2.82. The lowest BCUT2D eigenvalue weighted by Crippen LogP contribution is -2.44. The van der Waals surface area contributed by atoms with Gasteiger partial charge in [-0.15, -0.1) is 0 Å². The second-order valence-corrected chi connectivity index (χ2v) is 5.69. The lowest BCUT2D eigenvalue weighted by atomic mass is 9.86. The van der Waals surface area contributed by atoms with Crippen molar-refractivity contribution in [3.05, 3.63) is 30.3 Å². The number of benzene rings is 1. The lowest BCUT2D eigenvalue weighted by molar-refractivity contribution is 0.00297. The van der Waals surface area contributed by atoms with Gasteiger partial charge in [0.1, 0.15) is 0 Å². The summed E-state index contributed by atoms with van der Waals surface area (Å²) >= 11 is 0. The van der Waals surface area contributed by atoms with Crippen molar-refractivity contribution in [2.45, 2.75) is 37.7 Å². The first-order valence-corrected chi connectivity index (χ1v) is 6.78. The molecule has 2 nitrogen and oxygen atoms in total. The maximum atomic E-state index is 10.5. The molecule has 0 aromatic heterocycles. The van der Waals surface area contributed by atoms with E-state index in [2.05, 4.69) is 35.2 Å². The third-order valence-electron chi connectivity index (χ3n) is 4.18. The monoisotopic (exact) mass is 231 g/mol. The van der Waals surface area contributed by atoms with Gasteiger partial charge in [0.05, 0.1) is 5.60 Å². The first-order valence-electron chi connectivity index (χ1n) is 6.78. The van der Waals surface area contributed by atoms with Crippen LogP contribution >= 0.6 is 0 Å². The zero-order chi connectivity index (χ0) is 11.7. The topological polar surface area (TPSA) is 23.5 Å². The summed E-state index contributed by atoms with van der Waals surface area (Å²) in [6.45, 7) is 1.99. The zero-order valence-corrected chi connectivity index (χ0v) is 10.3. The van der Waals surface area contributed by atoms with Crippen LogP contribution in [-0.4, -0.2) is 23.8 Å². The van der Waals surface area contributed by atoms with Crippen LogP contribution in [0.1, 0.15) is 32.1 Å². The minimum Gasteiger partial charge on any atom is -0.390 e. The number of piperidine rings is 1. The number of nitrogens with zero attached hydrogens (tertiary/aromatic N) is 1. The third kappa shape index (κ3) is 2.63. The van der Waals surface area contributed by atoms with E-state index in [9.17, 15) is 5.11 Å². The van der Waals surface area contributed by atoms with Crippen molar-refractivity contribution in [1.29, 1.82) is 0 Å². The van der Waals surface area contributed by atoms with E-state index in [1.54, 1.807) is 0 Å². The molecule has 1 aromatic carbocycles. The fraction of sp³-hybridized carbons (Fsp3) is 0.600. The molecule has 2 aliphatic rings. The quantitative estimate of drug-likeness (QED) is 0.864. The largest absolute Gasteiger partial charge is 0.390 e. The molecule has 1 N–H and O–H groups in total. The van der Waals surface area contributed by atoms with Gasteiger partial charge in [-0.2, -0.15) is 0 Å². The molecule has 0 spiro atoms. The van der Waals surface area contributed by atoms with E-state index >= 15 is 0 Å². The van der Waals surface area contributed by atoms with Gasteiger partial charge in [-0.05, 0) is 37.3 Å². The summed E-state index contributed by atoms with van der Waals surface area (Å²) in [5, 5.41) is 10.5. The molecule has 1 saturated carbocycles. The van der Waals surface area contributed by atoms with Gasteiger partial charge < -0.3 is 10.0 Å².